The molecule has 158 valence electrons. The molecule has 2 fully saturated rings. The molecule has 2 aliphatic rings. The van der Waals surface area contributed by atoms with Gasteiger partial charge < -0.3 is 9.47 Å². The number of nitrogens with zero attached hydrogens (tertiary/aromatic N) is 4. The Balaban J connectivity index is 1.64. The fraction of sp³-hybridized carbons (Fsp3) is 0.619. The number of fused-ring (bicyclic) bond motifs is 1. The molecule has 0 aromatic carbocycles. The van der Waals surface area contributed by atoms with E-state index in [4.69, 9.17) is 4.98 Å². The van der Waals surface area contributed by atoms with Crippen molar-refractivity contribution >= 4 is 0 Å². The van der Waals surface area contributed by atoms with E-state index < -0.39 is 11.7 Å². The summed E-state index contributed by atoms with van der Waals surface area (Å²) in [6, 6.07) is 1.45. The lowest BCUT2D eigenvalue weighted by atomic mass is 10.1. The monoisotopic (exact) mass is 410 g/mol. The molecule has 2 aromatic rings. The third-order valence-corrected chi connectivity index (χ3v) is 6.03. The number of piperidine rings is 1. The molecule has 3 heterocycles. The maximum Gasteiger partial charge on any atom is 0.418 e. The minimum absolute atomic E-state index is 0.0345. The number of imidazole rings is 1. The van der Waals surface area contributed by atoms with E-state index in [0.29, 0.717) is 41.6 Å². The van der Waals surface area contributed by atoms with Crippen molar-refractivity contribution < 1.29 is 17.6 Å². The third-order valence-electron chi connectivity index (χ3n) is 6.03. The summed E-state index contributed by atoms with van der Waals surface area (Å²) in [5.41, 5.74) is 0.161. The first-order valence-corrected chi connectivity index (χ1v) is 10.1. The molecule has 1 aliphatic heterocycles. The fourth-order valence-electron chi connectivity index (χ4n) is 4.60. The van der Waals surface area contributed by atoms with Crippen molar-refractivity contribution in [2.45, 2.75) is 39.4 Å². The topological polar surface area (TPSA) is 34.0 Å². The summed E-state index contributed by atoms with van der Waals surface area (Å²) in [4.78, 5) is 10.8. The van der Waals surface area contributed by atoms with Gasteiger partial charge in [-0.05, 0) is 30.7 Å². The van der Waals surface area contributed by atoms with Crippen LogP contribution >= 0.6 is 0 Å². The van der Waals surface area contributed by atoms with Gasteiger partial charge in [-0.3, -0.25) is 4.98 Å². The van der Waals surface area contributed by atoms with Crippen molar-refractivity contribution in [2.75, 3.05) is 26.3 Å². The predicted molar refractivity (Wildman–Crippen MR) is 102 cm³/mol. The Hall–Kier alpha value is -1.96. The lowest BCUT2D eigenvalue weighted by Crippen LogP contribution is -2.27. The molecule has 2 aromatic heterocycles. The standard InChI is InChI=1S/C21H26F4N4/c1-12(2)6-19-27-18(14-7-17(21(23,24)25)13(3)26-8-14)11-29(19)20-15-9-28(5-4-22)10-16(15)20/h7-8,11-12,15-16,20H,4-6,9-10H2,1-3H3/t15-,16+,20+. The average molecular weight is 410 g/mol. The highest BCUT2D eigenvalue weighted by Gasteiger charge is 2.57. The zero-order valence-electron chi connectivity index (χ0n) is 16.9. The van der Waals surface area contributed by atoms with Crippen LogP contribution in [0.1, 0.15) is 37.0 Å². The number of pyridine rings is 1. The van der Waals surface area contributed by atoms with E-state index >= 15 is 0 Å². The fourth-order valence-corrected chi connectivity index (χ4v) is 4.60. The van der Waals surface area contributed by atoms with Crippen LogP contribution in [0.25, 0.3) is 11.3 Å². The smallest absolute Gasteiger partial charge is 0.331 e. The highest BCUT2D eigenvalue weighted by Crippen LogP contribution is 2.56. The number of likely N-dealkylation sites (tertiary alicyclic amines) is 1. The Morgan fingerprint density at radius 3 is 2.48 bits per heavy atom. The van der Waals surface area contributed by atoms with Crippen molar-refractivity contribution in [2.24, 2.45) is 17.8 Å². The van der Waals surface area contributed by atoms with Gasteiger partial charge in [0.25, 0.3) is 0 Å². The second-order valence-electron chi connectivity index (χ2n) is 8.67. The van der Waals surface area contributed by atoms with Crippen LogP contribution in [-0.4, -0.2) is 45.7 Å². The molecule has 0 unspecified atom stereocenters. The van der Waals surface area contributed by atoms with E-state index in [9.17, 15) is 17.6 Å². The van der Waals surface area contributed by atoms with Crippen LogP contribution in [0.2, 0.25) is 0 Å². The summed E-state index contributed by atoms with van der Waals surface area (Å²) in [6.07, 6.45) is -0.334. The number of aryl methyl sites for hydroxylation is 1. The molecule has 0 N–H and O–H groups in total. The van der Waals surface area contributed by atoms with Crippen LogP contribution in [0.15, 0.2) is 18.5 Å². The minimum atomic E-state index is -4.44. The molecule has 0 bridgehead atoms. The average Bonchev–Trinajstić information content (AvgIpc) is 2.96. The van der Waals surface area contributed by atoms with Crippen LogP contribution in [0.4, 0.5) is 17.6 Å². The lowest BCUT2D eigenvalue weighted by Gasteiger charge is -2.19. The first-order chi connectivity index (χ1) is 13.7. The van der Waals surface area contributed by atoms with Gasteiger partial charge in [-0.25, -0.2) is 9.37 Å². The molecule has 4 rings (SSSR count). The molecule has 1 saturated carbocycles. The molecule has 0 radical (unpaired) electrons. The Morgan fingerprint density at radius 2 is 1.90 bits per heavy atom. The van der Waals surface area contributed by atoms with Crippen molar-refractivity contribution in [3.8, 4) is 11.3 Å². The van der Waals surface area contributed by atoms with Gasteiger partial charge in [-0.1, -0.05) is 13.8 Å². The maximum atomic E-state index is 13.3. The molecule has 0 amide bonds. The molecular weight excluding hydrogens is 384 g/mol. The quantitative estimate of drug-likeness (QED) is 0.656. The second kappa shape index (κ2) is 7.38. The summed E-state index contributed by atoms with van der Waals surface area (Å²) >= 11 is 0. The number of aromatic nitrogens is 3. The number of rotatable bonds is 6. The van der Waals surface area contributed by atoms with Crippen molar-refractivity contribution in [3.63, 3.8) is 0 Å². The van der Waals surface area contributed by atoms with Crippen molar-refractivity contribution in [1.82, 2.24) is 19.4 Å². The summed E-state index contributed by atoms with van der Waals surface area (Å²) in [5.74, 6) is 2.22. The van der Waals surface area contributed by atoms with E-state index in [1.807, 2.05) is 6.20 Å². The number of hydrogen-bond acceptors (Lipinski definition) is 3. The molecule has 0 spiro atoms. The summed E-state index contributed by atoms with van der Waals surface area (Å²) in [7, 11) is 0. The molecular formula is C21H26F4N4. The summed E-state index contributed by atoms with van der Waals surface area (Å²) in [5, 5.41) is 0. The third kappa shape index (κ3) is 3.91. The summed E-state index contributed by atoms with van der Waals surface area (Å²) in [6.45, 7) is 7.46. The Kier molecular flexibility index (Phi) is 5.17. The van der Waals surface area contributed by atoms with Gasteiger partial charge in [-0.15, -0.1) is 0 Å². The van der Waals surface area contributed by atoms with Crippen molar-refractivity contribution in [1.29, 1.82) is 0 Å². The van der Waals surface area contributed by atoms with Crippen LogP contribution in [0, 0.1) is 24.7 Å². The van der Waals surface area contributed by atoms with E-state index in [-0.39, 0.29) is 12.4 Å². The molecule has 3 atom stereocenters. The van der Waals surface area contributed by atoms with E-state index in [0.717, 1.165) is 31.4 Å². The van der Waals surface area contributed by atoms with Crippen molar-refractivity contribution in [3.05, 3.63) is 35.5 Å². The number of alkyl halides is 4. The van der Waals surface area contributed by atoms with E-state index in [1.165, 1.54) is 13.1 Å². The van der Waals surface area contributed by atoms with Gasteiger partial charge in [0.15, 0.2) is 0 Å². The number of hydrogen-bond donors (Lipinski definition) is 0. The Labute approximate surface area is 168 Å². The number of halogens is 4. The Bertz CT molecular complexity index is 877. The molecule has 1 aliphatic carbocycles. The summed E-state index contributed by atoms with van der Waals surface area (Å²) < 4.78 is 54.7. The molecule has 4 nitrogen and oxygen atoms in total. The minimum Gasteiger partial charge on any atom is -0.331 e. The van der Waals surface area contributed by atoms with Gasteiger partial charge in [-0.2, -0.15) is 13.2 Å². The highest BCUT2D eigenvalue weighted by molar-refractivity contribution is 5.59. The largest absolute Gasteiger partial charge is 0.418 e. The lowest BCUT2D eigenvalue weighted by molar-refractivity contribution is -0.138. The van der Waals surface area contributed by atoms with Crippen LogP contribution in [0.5, 0.6) is 0 Å². The van der Waals surface area contributed by atoms with Crippen LogP contribution in [-0.2, 0) is 12.6 Å². The SMILES string of the molecule is Cc1ncc(-c2cn([C@H]3[C@@H]4CN(CCF)C[C@@H]43)c(CC(C)C)n2)cc1C(F)(F)F. The van der Waals surface area contributed by atoms with Gasteiger partial charge in [0.05, 0.1) is 11.3 Å². The predicted octanol–water partition coefficient (Wildman–Crippen LogP) is 4.54. The Morgan fingerprint density at radius 1 is 1.21 bits per heavy atom. The molecule has 1 saturated heterocycles. The zero-order valence-corrected chi connectivity index (χ0v) is 16.9. The first kappa shape index (κ1) is 20.3. The molecule has 8 heteroatoms. The van der Waals surface area contributed by atoms with E-state index in [2.05, 4.69) is 28.3 Å². The van der Waals surface area contributed by atoms with Crippen LogP contribution in [0.3, 0.4) is 0 Å². The van der Waals surface area contributed by atoms with Crippen LogP contribution < -0.4 is 0 Å². The second-order valence-corrected chi connectivity index (χ2v) is 8.67. The normalized spacial score (nSPS) is 24.3. The molecule has 29 heavy (non-hydrogen) atoms. The maximum absolute atomic E-state index is 13.3. The van der Waals surface area contributed by atoms with E-state index in [1.54, 1.807) is 0 Å². The highest BCUT2D eigenvalue weighted by atomic mass is 19.4. The van der Waals surface area contributed by atoms with Gasteiger partial charge in [0.2, 0.25) is 0 Å². The van der Waals surface area contributed by atoms with Gasteiger partial charge >= 0.3 is 6.18 Å². The van der Waals surface area contributed by atoms with Gasteiger partial charge in [0, 0.05) is 55.7 Å². The van der Waals surface area contributed by atoms with Gasteiger partial charge in [0.1, 0.15) is 12.5 Å². The first-order valence-electron chi connectivity index (χ1n) is 10.1. The zero-order chi connectivity index (χ0) is 20.9.